The van der Waals surface area contributed by atoms with Gasteiger partial charge < -0.3 is 10.2 Å². The van der Waals surface area contributed by atoms with Crippen molar-refractivity contribution >= 4 is 27.4 Å². The first kappa shape index (κ1) is 16.2. The Labute approximate surface area is 133 Å². The van der Waals surface area contributed by atoms with Crippen molar-refractivity contribution in [2.75, 3.05) is 24.5 Å². The van der Waals surface area contributed by atoms with Gasteiger partial charge in [0, 0.05) is 25.2 Å². The van der Waals surface area contributed by atoms with Crippen molar-refractivity contribution < 1.29 is 4.92 Å². The maximum Gasteiger partial charge on any atom is 0.288 e. The van der Waals surface area contributed by atoms with E-state index >= 15 is 0 Å². The number of halogens is 1. The molecule has 6 nitrogen and oxygen atoms in total. The molecule has 1 aromatic rings. The number of rotatable bonds is 6. The van der Waals surface area contributed by atoms with E-state index in [9.17, 15) is 10.1 Å². The lowest BCUT2D eigenvalue weighted by molar-refractivity contribution is -0.385. The molecule has 2 rings (SSSR count). The molecule has 0 bridgehead atoms. The van der Waals surface area contributed by atoms with Gasteiger partial charge in [-0.05, 0) is 41.2 Å². The molecule has 7 heteroatoms. The van der Waals surface area contributed by atoms with Crippen molar-refractivity contribution in [3.05, 3.63) is 26.9 Å². The summed E-state index contributed by atoms with van der Waals surface area (Å²) < 4.78 is 0.676. The highest BCUT2D eigenvalue weighted by Gasteiger charge is 2.22. The van der Waals surface area contributed by atoms with Crippen LogP contribution in [-0.4, -0.2) is 35.6 Å². The Morgan fingerprint density at radius 2 is 2.38 bits per heavy atom. The molecule has 0 aliphatic carbocycles. The van der Waals surface area contributed by atoms with Gasteiger partial charge in [-0.25, -0.2) is 4.98 Å². The van der Waals surface area contributed by atoms with Crippen LogP contribution in [0.5, 0.6) is 0 Å². The van der Waals surface area contributed by atoms with Gasteiger partial charge in [-0.2, -0.15) is 0 Å². The van der Waals surface area contributed by atoms with Gasteiger partial charge in [0.2, 0.25) is 0 Å². The lowest BCUT2D eigenvalue weighted by Crippen LogP contribution is -2.40. The highest BCUT2D eigenvalue weighted by atomic mass is 79.9. The first-order valence-electron chi connectivity index (χ1n) is 7.25. The molecule has 1 aliphatic rings. The van der Waals surface area contributed by atoms with Crippen LogP contribution in [0.2, 0.25) is 0 Å². The van der Waals surface area contributed by atoms with E-state index in [1.54, 1.807) is 0 Å². The monoisotopic (exact) mass is 356 g/mol. The van der Waals surface area contributed by atoms with E-state index in [4.69, 9.17) is 0 Å². The van der Waals surface area contributed by atoms with Gasteiger partial charge in [0.1, 0.15) is 12.0 Å². The SMILES string of the molecule is CC(C)CN(CC1CCCN1)c1ncc([N+](=O)[O-])cc1Br. The molecule has 21 heavy (non-hydrogen) atoms. The summed E-state index contributed by atoms with van der Waals surface area (Å²) in [6.45, 7) is 7.14. The average molecular weight is 357 g/mol. The third kappa shape index (κ3) is 4.38. The quantitative estimate of drug-likeness (QED) is 0.626. The van der Waals surface area contributed by atoms with E-state index in [0.717, 1.165) is 25.5 Å². The summed E-state index contributed by atoms with van der Waals surface area (Å²) in [5.74, 6) is 1.28. The zero-order chi connectivity index (χ0) is 15.4. The fraction of sp³-hybridized carbons (Fsp3) is 0.643. The molecule has 1 unspecified atom stereocenters. The first-order valence-corrected chi connectivity index (χ1v) is 8.05. The molecule has 1 atom stereocenters. The summed E-state index contributed by atoms with van der Waals surface area (Å²) in [5, 5.41) is 14.3. The molecule has 0 aromatic carbocycles. The fourth-order valence-electron chi connectivity index (χ4n) is 2.62. The molecule has 2 heterocycles. The summed E-state index contributed by atoms with van der Waals surface area (Å²) in [6, 6.07) is 1.99. The predicted octanol–water partition coefficient (Wildman–Crippen LogP) is 2.97. The molecule has 1 N–H and O–H groups in total. The Hall–Kier alpha value is -1.21. The van der Waals surface area contributed by atoms with Gasteiger partial charge in [-0.1, -0.05) is 13.8 Å². The molecular weight excluding hydrogens is 336 g/mol. The minimum Gasteiger partial charge on any atom is -0.354 e. The van der Waals surface area contributed by atoms with Crippen molar-refractivity contribution in [3.8, 4) is 0 Å². The average Bonchev–Trinajstić information content (AvgIpc) is 2.90. The topological polar surface area (TPSA) is 71.3 Å². The Morgan fingerprint density at radius 1 is 1.62 bits per heavy atom. The molecule has 0 saturated carbocycles. The zero-order valence-electron chi connectivity index (χ0n) is 12.4. The lowest BCUT2D eigenvalue weighted by Gasteiger charge is -2.29. The summed E-state index contributed by atoms with van der Waals surface area (Å²) >= 11 is 3.43. The van der Waals surface area contributed by atoms with Crippen LogP contribution < -0.4 is 10.2 Å². The fourth-order valence-corrected chi connectivity index (χ4v) is 3.21. The number of nitro groups is 1. The van der Waals surface area contributed by atoms with Crippen LogP contribution >= 0.6 is 15.9 Å². The number of nitrogens with one attached hydrogen (secondary N) is 1. The van der Waals surface area contributed by atoms with Gasteiger partial charge in [0.05, 0.1) is 9.40 Å². The molecule has 0 spiro atoms. The van der Waals surface area contributed by atoms with Crippen molar-refractivity contribution in [2.24, 2.45) is 5.92 Å². The molecule has 0 radical (unpaired) electrons. The van der Waals surface area contributed by atoms with Gasteiger partial charge in [-0.3, -0.25) is 10.1 Å². The number of hydrogen-bond acceptors (Lipinski definition) is 5. The van der Waals surface area contributed by atoms with Crippen LogP contribution in [0.4, 0.5) is 11.5 Å². The number of hydrogen-bond donors (Lipinski definition) is 1. The second kappa shape index (κ2) is 7.17. The summed E-state index contributed by atoms with van der Waals surface area (Å²) in [5.41, 5.74) is 0.00844. The van der Waals surface area contributed by atoms with Crippen LogP contribution in [0.3, 0.4) is 0 Å². The predicted molar refractivity (Wildman–Crippen MR) is 86.7 cm³/mol. The van der Waals surface area contributed by atoms with Crippen LogP contribution in [0.25, 0.3) is 0 Å². The Balaban J connectivity index is 2.20. The highest BCUT2D eigenvalue weighted by Crippen LogP contribution is 2.28. The van der Waals surface area contributed by atoms with E-state index in [-0.39, 0.29) is 5.69 Å². The number of anilines is 1. The first-order chi connectivity index (χ1) is 9.97. The van der Waals surface area contributed by atoms with Gasteiger partial charge >= 0.3 is 0 Å². The van der Waals surface area contributed by atoms with Crippen molar-refractivity contribution in [1.29, 1.82) is 0 Å². The largest absolute Gasteiger partial charge is 0.354 e. The van der Waals surface area contributed by atoms with E-state index in [2.05, 4.69) is 45.0 Å². The van der Waals surface area contributed by atoms with E-state index in [1.807, 2.05) is 0 Å². The maximum atomic E-state index is 10.8. The smallest absolute Gasteiger partial charge is 0.288 e. The molecular formula is C14H21BrN4O2. The van der Waals surface area contributed by atoms with Crippen molar-refractivity contribution in [2.45, 2.75) is 32.7 Å². The molecule has 116 valence electrons. The van der Waals surface area contributed by atoms with Crippen molar-refractivity contribution in [1.82, 2.24) is 10.3 Å². The Kier molecular flexibility index (Phi) is 5.52. The van der Waals surface area contributed by atoms with Crippen LogP contribution in [0.1, 0.15) is 26.7 Å². The third-order valence-corrected chi connectivity index (χ3v) is 4.09. The van der Waals surface area contributed by atoms with Crippen LogP contribution in [0.15, 0.2) is 16.7 Å². The van der Waals surface area contributed by atoms with Crippen molar-refractivity contribution in [3.63, 3.8) is 0 Å². The second-order valence-electron chi connectivity index (χ2n) is 5.85. The Bertz CT molecular complexity index is 504. The molecule has 1 fully saturated rings. The Morgan fingerprint density at radius 3 is 2.90 bits per heavy atom. The van der Waals surface area contributed by atoms with E-state index in [0.29, 0.717) is 16.4 Å². The summed E-state index contributed by atoms with van der Waals surface area (Å²) in [7, 11) is 0. The minimum absolute atomic E-state index is 0.00844. The van der Waals surface area contributed by atoms with Gasteiger partial charge in [0.25, 0.3) is 5.69 Å². The highest BCUT2D eigenvalue weighted by molar-refractivity contribution is 9.10. The van der Waals surface area contributed by atoms with Crippen LogP contribution in [-0.2, 0) is 0 Å². The van der Waals surface area contributed by atoms with Gasteiger partial charge in [-0.15, -0.1) is 0 Å². The normalized spacial score (nSPS) is 18.2. The lowest BCUT2D eigenvalue weighted by atomic mass is 10.1. The van der Waals surface area contributed by atoms with E-state index < -0.39 is 4.92 Å². The standard InChI is InChI=1S/C14H21BrN4O2/c1-10(2)8-18(9-11-4-3-5-16-11)14-13(15)6-12(7-17-14)19(20)21/h6-7,10-11,16H,3-5,8-9H2,1-2H3. The molecule has 0 amide bonds. The second-order valence-corrected chi connectivity index (χ2v) is 6.70. The number of aromatic nitrogens is 1. The maximum absolute atomic E-state index is 10.8. The molecule has 1 aromatic heterocycles. The molecule has 1 saturated heterocycles. The summed E-state index contributed by atoms with van der Waals surface area (Å²) in [4.78, 5) is 16.9. The van der Waals surface area contributed by atoms with Gasteiger partial charge in [0.15, 0.2) is 0 Å². The third-order valence-electron chi connectivity index (χ3n) is 3.51. The molecule has 1 aliphatic heterocycles. The van der Waals surface area contributed by atoms with Crippen LogP contribution in [0, 0.1) is 16.0 Å². The minimum atomic E-state index is -0.424. The summed E-state index contributed by atoms with van der Waals surface area (Å²) in [6.07, 6.45) is 3.70. The zero-order valence-corrected chi connectivity index (χ0v) is 14.0. The van der Waals surface area contributed by atoms with E-state index in [1.165, 1.54) is 25.1 Å². The number of pyridine rings is 1. The number of nitrogens with zero attached hydrogens (tertiary/aromatic N) is 3.